The monoisotopic (exact) mass is 272 g/mol. The molecule has 7 heteroatoms. The van der Waals surface area contributed by atoms with Gasteiger partial charge in [0.25, 0.3) is 0 Å². The summed E-state index contributed by atoms with van der Waals surface area (Å²) in [5.41, 5.74) is 0.954. The van der Waals surface area contributed by atoms with E-state index in [0.717, 1.165) is 16.6 Å². The molecule has 0 radical (unpaired) electrons. The summed E-state index contributed by atoms with van der Waals surface area (Å²) in [5, 5.41) is 14.8. The van der Waals surface area contributed by atoms with Crippen LogP contribution in [0.15, 0.2) is 41.9 Å². The summed E-state index contributed by atoms with van der Waals surface area (Å²) in [6, 6.07) is 9.85. The zero-order valence-electron chi connectivity index (χ0n) is 10.3. The molecule has 19 heavy (non-hydrogen) atoms. The Hall–Kier alpha value is -2.28. The molecule has 3 aromatic rings. The first kappa shape index (κ1) is 11.8. The van der Waals surface area contributed by atoms with Gasteiger partial charge < -0.3 is 4.90 Å². The first-order valence-corrected chi connectivity index (χ1v) is 6.66. The molecule has 96 valence electrons. The van der Waals surface area contributed by atoms with Crippen LogP contribution >= 0.6 is 11.3 Å². The van der Waals surface area contributed by atoms with E-state index < -0.39 is 0 Å². The minimum absolute atomic E-state index is 0.607. The fraction of sp³-hybridized carbons (Fsp3) is 0.167. The van der Waals surface area contributed by atoms with Crippen LogP contribution in [0.3, 0.4) is 0 Å². The van der Waals surface area contributed by atoms with E-state index in [2.05, 4.69) is 20.5 Å². The van der Waals surface area contributed by atoms with Crippen molar-refractivity contribution in [2.75, 3.05) is 11.9 Å². The van der Waals surface area contributed by atoms with Crippen LogP contribution in [-0.2, 0) is 6.54 Å². The van der Waals surface area contributed by atoms with Gasteiger partial charge in [-0.15, -0.1) is 16.4 Å². The predicted octanol–water partition coefficient (Wildman–Crippen LogP) is 1.76. The van der Waals surface area contributed by atoms with Crippen LogP contribution in [0.1, 0.15) is 5.82 Å². The van der Waals surface area contributed by atoms with Gasteiger partial charge in [0.2, 0.25) is 0 Å². The summed E-state index contributed by atoms with van der Waals surface area (Å²) >= 11 is 1.59. The molecule has 0 saturated heterocycles. The lowest BCUT2D eigenvalue weighted by Crippen LogP contribution is -2.19. The zero-order valence-corrected chi connectivity index (χ0v) is 11.2. The van der Waals surface area contributed by atoms with Gasteiger partial charge in [0.05, 0.1) is 12.2 Å². The number of anilines is 1. The first-order valence-electron chi connectivity index (χ1n) is 5.78. The molecule has 0 spiro atoms. The van der Waals surface area contributed by atoms with Gasteiger partial charge in [-0.05, 0) is 22.6 Å². The average Bonchev–Trinajstić information content (AvgIpc) is 3.11. The smallest absolute Gasteiger partial charge is 0.185 e. The third-order valence-electron chi connectivity index (χ3n) is 2.66. The van der Waals surface area contributed by atoms with E-state index >= 15 is 0 Å². The summed E-state index contributed by atoms with van der Waals surface area (Å²) < 4.78 is 1.74. The highest BCUT2D eigenvalue weighted by atomic mass is 32.1. The Morgan fingerprint density at radius 1 is 1.26 bits per heavy atom. The summed E-state index contributed by atoms with van der Waals surface area (Å²) in [6.07, 6.45) is 1.79. The van der Waals surface area contributed by atoms with Crippen LogP contribution in [0.25, 0.3) is 5.69 Å². The van der Waals surface area contributed by atoms with Crippen LogP contribution < -0.4 is 4.90 Å². The van der Waals surface area contributed by atoms with Crippen LogP contribution in [0.2, 0.25) is 0 Å². The number of tetrazole rings is 1. The lowest BCUT2D eigenvalue weighted by molar-refractivity contribution is 0.746. The fourth-order valence-corrected chi connectivity index (χ4v) is 2.37. The van der Waals surface area contributed by atoms with E-state index in [-0.39, 0.29) is 0 Å². The van der Waals surface area contributed by atoms with Crippen LogP contribution in [0.5, 0.6) is 0 Å². The Bertz CT molecular complexity index is 633. The predicted molar refractivity (Wildman–Crippen MR) is 73.4 cm³/mol. The second-order valence-corrected chi connectivity index (χ2v) is 4.89. The van der Waals surface area contributed by atoms with E-state index in [4.69, 9.17) is 0 Å². The molecule has 0 aliphatic heterocycles. The van der Waals surface area contributed by atoms with Gasteiger partial charge in [0, 0.05) is 18.6 Å². The van der Waals surface area contributed by atoms with Crippen molar-refractivity contribution < 1.29 is 0 Å². The van der Waals surface area contributed by atoms with Crippen LogP contribution in [-0.4, -0.2) is 32.2 Å². The molecule has 3 rings (SSSR count). The standard InChI is InChI=1S/C12H12N6S/c1-17(12-13-7-8-19-12)9-11-14-15-16-18(11)10-5-3-2-4-6-10/h2-8H,9H2,1H3. The molecule has 0 atom stereocenters. The Morgan fingerprint density at radius 3 is 2.84 bits per heavy atom. The third-order valence-corrected chi connectivity index (χ3v) is 3.54. The molecule has 2 heterocycles. The van der Waals surface area contributed by atoms with Gasteiger partial charge in [-0.2, -0.15) is 4.68 Å². The normalized spacial score (nSPS) is 10.6. The lowest BCUT2D eigenvalue weighted by atomic mass is 10.3. The van der Waals surface area contributed by atoms with Crippen molar-refractivity contribution in [1.29, 1.82) is 0 Å². The fourth-order valence-electron chi connectivity index (χ4n) is 1.76. The summed E-state index contributed by atoms with van der Waals surface area (Å²) in [4.78, 5) is 6.29. The quantitative estimate of drug-likeness (QED) is 0.724. The molecule has 0 aliphatic rings. The van der Waals surface area contributed by atoms with Crippen molar-refractivity contribution in [2.24, 2.45) is 0 Å². The average molecular weight is 272 g/mol. The Kier molecular flexibility index (Phi) is 3.20. The van der Waals surface area contributed by atoms with E-state index in [1.54, 1.807) is 22.2 Å². The van der Waals surface area contributed by atoms with Crippen LogP contribution in [0.4, 0.5) is 5.13 Å². The van der Waals surface area contributed by atoms with E-state index in [1.807, 2.05) is 47.7 Å². The molecular weight excluding hydrogens is 260 g/mol. The van der Waals surface area contributed by atoms with Crippen molar-refractivity contribution in [3.8, 4) is 5.69 Å². The number of para-hydroxylation sites is 1. The molecule has 0 bridgehead atoms. The molecule has 0 amide bonds. The minimum atomic E-state index is 0.607. The Morgan fingerprint density at radius 2 is 2.11 bits per heavy atom. The number of aromatic nitrogens is 5. The second kappa shape index (κ2) is 5.15. The maximum Gasteiger partial charge on any atom is 0.185 e. The van der Waals surface area contributed by atoms with Crippen molar-refractivity contribution in [3.63, 3.8) is 0 Å². The van der Waals surface area contributed by atoms with Crippen molar-refractivity contribution in [2.45, 2.75) is 6.54 Å². The summed E-state index contributed by atoms with van der Waals surface area (Å²) in [6.45, 7) is 0.607. The van der Waals surface area contributed by atoms with Gasteiger partial charge in [-0.3, -0.25) is 0 Å². The number of rotatable bonds is 4. The number of hydrogen-bond acceptors (Lipinski definition) is 6. The Labute approximate surface area is 114 Å². The summed E-state index contributed by atoms with van der Waals surface area (Å²) in [7, 11) is 1.98. The van der Waals surface area contributed by atoms with Crippen molar-refractivity contribution in [3.05, 3.63) is 47.7 Å². The number of nitrogens with zero attached hydrogens (tertiary/aromatic N) is 6. The number of thiazole rings is 1. The van der Waals surface area contributed by atoms with Gasteiger partial charge in [0.1, 0.15) is 0 Å². The lowest BCUT2D eigenvalue weighted by Gasteiger charge is -2.14. The Balaban J connectivity index is 1.85. The highest BCUT2D eigenvalue weighted by Gasteiger charge is 2.12. The highest BCUT2D eigenvalue weighted by Crippen LogP contribution is 2.17. The number of hydrogen-bond donors (Lipinski definition) is 0. The molecular formula is C12H12N6S. The maximum atomic E-state index is 4.27. The molecule has 0 aliphatic carbocycles. The van der Waals surface area contributed by atoms with E-state index in [0.29, 0.717) is 6.54 Å². The molecule has 0 fully saturated rings. The number of benzene rings is 1. The largest absolute Gasteiger partial charge is 0.344 e. The first-order chi connectivity index (χ1) is 9.34. The van der Waals surface area contributed by atoms with Gasteiger partial charge in [-0.1, -0.05) is 18.2 Å². The highest BCUT2D eigenvalue weighted by molar-refractivity contribution is 7.13. The van der Waals surface area contributed by atoms with Crippen molar-refractivity contribution in [1.82, 2.24) is 25.2 Å². The van der Waals surface area contributed by atoms with E-state index in [1.165, 1.54) is 0 Å². The van der Waals surface area contributed by atoms with Gasteiger partial charge in [0.15, 0.2) is 11.0 Å². The second-order valence-electron chi connectivity index (χ2n) is 4.01. The van der Waals surface area contributed by atoms with Gasteiger partial charge in [-0.25, -0.2) is 4.98 Å². The molecule has 0 N–H and O–H groups in total. The SMILES string of the molecule is CN(Cc1nnnn1-c1ccccc1)c1nccs1. The van der Waals surface area contributed by atoms with Gasteiger partial charge >= 0.3 is 0 Å². The van der Waals surface area contributed by atoms with Crippen LogP contribution in [0, 0.1) is 0 Å². The third kappa shape index (κ3) is 2.45. The zero-order chi connectivity index (χ0) is 13.1. The van der Waals surface area contributed by atoms with E-state index in [9.17, 15) is 0 Å². The molecule has 1 aromatic carbocycles. The molecule has 2 aromatic heterocycles. The molecule has 6 nitrogen and oxygen atoms in total. The molecule has 0 unspecified atom stereocenters. The minimum Gasteiger partial charge on any atom is -0.344 e. The maximum absolute atomic E-state index is 4.27. The molecule has 0 saturated carbocycles. The van der Waals surface area contributed by atoms with Crippen molar-refractivity contribution >= 4 is 16.5 Å². The summed E-state index contributed by atoms with van der Waals surface area (Å²) in [5.74, 6) is 0.781. The topological polar surface area (TPSA) is 59.7 Å².